The number of para-hydroxylation sites is 1. The van der Waals surface area contributed by atoms with Crippen molar-refractivity contribution in [3.05, 3.63) is 51.7 Å². The molecule has 1 heterocycles. The molecule has 0 bridgehead atoms. The molecule has 21 heavy (non-hydrogen) atoms. The zero-order valence-electron chi connectivity index (χ0n) is 13.5. The van der Waals surface area contributed by atoms with Crippen molar-refractivity contribution >= 4 is 17.0 Å². The average Bonchev–Trinajstić information content (AvgIpc) is 2.92. The second-order valence-corrected chi connectivity index (χ2v) is 6.40. The van der Waals surface area contributed by atoms with Gasteiger partial charge in [0.05, 0.1) is 6.04 Å². The van der Waals surface area contributed by atoms with Gasteiger partial charge < -0.3 is 5.32 Å². The van der Waals surface area contributed by atoms with Crippen molar-refractivity contribution in [2.75, 3.05) is 18.4 Å². The summed E-state index contributed by atoms with van der Waals surface area (Å²) in [5, 5.41) is 5.86. The van der Waals surface area contributed by atoms with E-state index in [0.717, 1.165) is 19.6 Å². The predicted octanol–water partition coefficient (Wildman–Crippen LogP) is 5.07. The molecule has 1 unspecified atom stereocenters. The number of aryl methyl sites for hydroxylation is 1. The second kappa shape index (κ2) is 7.62. The van der Waals surface area contributed by atoms with Gasteiger partial charge in [0, 0.05) is 17.1 Å². The molecular formula is C18H26N2S. The molecule has 0 spiro atoms. The van der Waals surface area contributed by atoms with E-state index in [0.29, 0.717) is 6.04 Å². The molecule has 0 aliphatic carbocycles. The van der Waals surface area contributed by atoms with E-state index >= 15 is 0 Å². The fourth-order valence-electron chi connectivity index (χ4n) is 2.61. The molecule has 0 fully saturated rings. The summed E-state index contributed by atoms with van der Waals surface area (Å²) in [5.74, 6) is 0. The van der Waals surface area contributed by atoms with Gasteiger partial charge in [0.2, 0.25) is 0 Å². The maximum atomic E-state index is 3.69. The van der Waals surface area contributed by atoms with Gasteiger partial charge in [-0.15, -0.1) is 11.3 Å². The summed E-state index contributed by atoms with van der Waals surface area (Å²) < 4.78 is 0. The summed E-state index contributed by atoms with van der Waals surface area (Å²) in [4.78, 5) is 3.87. The van der Waals surface area contributed by atoms with E-state index < -0.39 is 0 Å². The maximum Gasteiger partial charge on any atom is 0.0581 e. The number of benzene rings is 1. The number of nitrogens with zero attached hydrogens (tertiary/aromatic N) is 1. The summed E-state index contributed by atoms with van der Waals surface area (Å²) in [5.41, 5.74) is 4.01. The molecule has 114 valence electrons. The molecule has 0 aliphatic heterocycles. The molecule has 2 rings (SSSR count). The van der Waals surface area contributed by atoms with Crippen molar-refractivity contribution in [3.63, 3.8) is 0 Å². The van der Waals surface area contributed by atoms with E-state index in [1.807, 2.05) is 11.3 Å². The Balaban J connectivity index is 2.14. The minimum absolute atomic E-state index is 0.350. The van der Waals surface area contributed by atoms with Gasteiger partial charge in [0.25, 0.3) is 0 Å². The Morgan fingerprint density at radius 2 is 1.86 bits per heavy atom. The third-order valence-corrected chi connectivity index (χ3v) is 5.17. The normalized spacial score (nSPS) is 12.6. The highest BCUT2D eigenvalue weighted by molar-refractivity contribution is 7.10. The van der Waals surface area contributed by atoms with Crippen LogP contribution in [0, 0.1) is 6.92 Å². The standard InChI is InChI=1S/C18H26N2S/c1-5-20(6-2)13-16-9-7-8-10-17(16)19-15(4)18-14(3)11-12-21-18/h7-12,15,19H,5-6,13H2,1-4H3. The number of rotatable bonds is 7. The minimum atomic E-state index is 0.350. The zero-order chi connectivity index (χ0) is 15.2. The van der Waals surface area contributed by atoms with Crippen LogP contribution in [-0.4, -0.2) is 18.0 Å². The van der Waals surface area contributed by atoms with Crippen LogP contribution in [0.5, 0.6) is 0 Å². The van der Waals surface area contributed by atoms with Crippen LogP contribution in [0.4, 0.5) is 5.69 Å². The summed E-state index contributed by atoms with van der Waals surface area (Å²) in [6.45, 7) is 12.0. The van der Waals surface area contributed by atoms with Gasteiger partial charge in [0.1, 0.15) is 0 Å². The lowest BCUT2D eigenvalue weighted by molar-refractivity contribution is 0.296. The Morgan fingerprint density at radius 3 is 2.48 bits per heavy atom. The molecule has 1 atom stereocenters. The Bertz CT molecular complexity index is 558. The summed E-state index contributed by atoms with van der Waals surface area (Å²) in [6, 6.07) is 11.2. The lowest BCUT2D eigenvalue weighted by Gasteiger charge is -2.22. The highest BCUT2D eigenvalue weighted by atomic mass is 32.1. The molecular weight excluding hydrogens is 276 g/mol. The molecule has 1 aromatic carbocycles. The minimum Gasteiger partial charge on any atom is -0.377 e. The van der Waals surface area contributed by atoms with Gasteiger partial charge in [-0.1, -0.05) is 32.0 Å². The highest BCUT2D eigenvalue weighted by Crippen LogP contribution is 2.28. The van der Waals surface area contributed by atoms with Gasteiger partial charge in [-0.3, -0.25) is 4.90 Å². The van der Waals surface area contributed by atoms with E-state index in [4.69, 9.17) is 0 Å². The molecule has 2 aromatic rings. The molecule has 1 N–H and O–H groups in total. The summed E-state index contributed by atoms with van der Waals surface area (Å²) >= 11 is 1.83. The molecule has 0 radical (unpaired) electrons. The number of hydrogen-bond acceptors (Lipinski definition) is 3. The van der Waals surface area contributed by atoms with Gasteiger partial charge >= 0.3 is 0 Å². The van der Waals surface area contributed by atoms with E-state index in [2.05, 4.69) is 73.6 Å². The number of anilines is 1. The highest BCUT2D eigenvalue weighted by Gasteiger charge is 2.12. The third-order valence-electron chi connectivity index (χ3n) is 3.97. The first kappa shape index (κ1) is 16.1. The fourth-order valence-corrected chi connectivity index (χ4v) is 3.55. The summed E-state index contributed by atoms with van der Waals surface area (Å²) in [6.07, 6.45) is 0. The number of thiophene rings is 1. The van der Waals surface area contributed by atoms with Crippen LogP contribution >= 0.6 is 11.3 Å². The van der Waals surface area contributed by atoms with Crippen molar-refractivity contribution in [2.45, 2.75) is 40.3 Å². The molecule has 3 heteroatoms. The topological polar surface area (TPSA) is 15.3 Å². The van der Waals surface area contributed by atoms with Gasteiger partial charge in [-0.2, -0.15) is 0 Å². The summed E-state index contributed by atoms with van der Waals surface area (Å²) in [7, 11) is 0. The zero-order valence-corrected chi connectivity index (χ0v) is 14.3. The Labute approximate surface area is 132 Å². The van der Waals surface area contributed by atoms with Gasteiger partial charge in [-0.25, -0.2) is 0 Å². The number of hydrogen-bond donors (Lipinski definition) is 1. The smallest absolute Gasteiger partial charge is 0.0581 e. The maximum absolute atomic E-state index is 3.69. The Kier molecular flexibility index (Phi) is 5.83. The second-order valence-electron chi connectivity index (χ2n) is 5.45. The first-order valence-corrected chi connectivity index (χ1v) is 8.64. The van der Waals surface area contributed by atoms with Crippen LogP contribution in [0.3, 0.4) is 0 Å². The van der Waals surface area contributed by atoms with Crippen molar-refractivity contribution in [2.24, 2.45) is 0 Å². The van der Waals surface area contributed by atoms with Crippen LogP contribution in [-0.2, 0) is 6.54 Å². The Morgan fingerprint density at radius 1 is 1.14 bits per heavy atom. The Hall–Kier alpha value is -1.32. The SMILES string of the molecule is CCN(CC)Cc1ccccc1NC(C)c1sccc1C. The molecule has 2 nitrogen and oxygen atoms in total. The number of nitrogens with one attached hydrogen (secondary N) is 1. The molecule has 1 aromatic heterocycles. The van der Waals surface area contributed by atoms with Crippen molar-refractivity contribution in [1.29, 1.82) is 0 Å². The van der Waals surface area contributed by atoms with E-state index in [9.17, 15) is 0 Å². The molecule has 0 saturated heterocycles. The van der Waals surface area contributed by atoms with Crippen LogP contribution in [0.25, 0.3) is 0 Å². The predicted molar refractivity (Wildman–Crippen MR) is 94.2 cm³/mol. The quantitative estimate of drug-likeness (QED) is 0.768. The lowest BCUT2D eigenvalue weighted by Crippen LogP contribution is -2.23. The van der Waals surface area contributed by atoms with Crippen molar-refractivity contribution in [3.8, 4) is 0 Å². The van der Waals surface area contributed by atoms with Crippen molar-refractivity contribution < 1.29 is 0 Å². The monoisotopic (exact) mass is 302 g/mol. The van der Waals surface area contributed by atoms with Crippen molar-refractivity contribution in [1.82, 2.24) is 4.90 Å². The van der Waals surface area contributed by atoms with Gasteiger partial charge in [-0.05, 0) is 55.6 Å². The first-order valence-electron chi connectivity index (χ1n) is 7.76. The first-order chi connectivity index (χ1) is 10.2. The molecule has 0 aliphatic rings. The van der Waals surface area contributed by atoms with E-state index in [1.54, 1.807) is 0 Å². The average molecular weight is 302 g/mol. The third kappa shape index (κ3) is 4.08. The van der Waals surface area contributed by atoms with Crippen LogP contribution < -0.4 is 5.32 Å². The fraction of sp³-hybridized carbons (Fsp3) is 0.444. The largest absolute Gasteiger partial charge is 0.377 e. The molecule has 0 saturated carbocycles. The lowest BCUT2D eigenvalue weighted by atomic mass is 10.1. The van der Waals surface area contributed by atoms with Crippen LogP contribution in [0.15, 0.2) is 35.7 Å². The molecule has 0 amide bonds. The van der Waals surface area contributed by atoms with Crippen LogP contribution in [0.1, 0.15) is 42.8 Å². The van der Waals surface area contributed by atoms with E-state index in [1.165, 1.54) is 21.7 Å². The van der Waals surface area contributed by atoms with E-state index in [-0.39, 0.29) is 0 Å². The van der Waals surface area contributed by atoms with Gasteiger partial charge in [0.15, 0.2) is 0 Å². The van der Waals surface area contributed by atoms with Crippen LogP contribution in [0.2, 0.25) is 0 Å².